The summed E-state index contributed by atoms with van der Waals surface area (Å²) >= 11 is 10.8. The van der Waals surface area contributed by atoms with Crippen molar-refractivity contribution < 1.29 is 14.3 Å². The van der Waals surface area contributed by atoms with Gasteiger partial charge in [0.25, 0.3) is 5.24 Å². The number of benzene rings is 1. The van der Waals surface area contributed by atoms with Gasteiger partial charge in [0, 0.05) is 0 Å². The van der Waals surface area contributed by atoms with Gasteiger partial charge in [-0.2, -0.15) is 0 Å². The van der Waals surface area contributed by atoms with E-state index in [4.69, 9.17) is 32.7 Å². The quantitative estimate of drug-likeness (QED) is 0.731. The molecule has 1 fully saturated rings. The molecule has 3 nitrogen and oxygen atoms in total. The summed E-state index contributed by atoms with van der Waals surface area (Å²) in [5.74, 6) is 0. The molecule has 0 aromatic heterocycles. The van der Waals surface area contributed by atoms with Gasteiger partial charge in [0.15, 0.2) is 0 Å². The highest BCUT2D eigenvalue weighted by Gasteiger charge is 2.04. The molecule has 5 heteroatoms. The summed E-state index contributed by atoms with van der Waals surface area (Å²) in [5.41, 5.74) is 0.353. The first kappa shape index (κ1) is 13.5. The Labute approximate surface area is 104 Å². The number of ether oxygens (including phenoxy) is 2. The standard InChI is InChI=1S/C7H4Cl2O.C4H8O2/c8-6-4-2-1-3-5(6)7(9)10;1-2-6-4-3-5-1/h1-4H;1-4H2. The summed E-state index contributed by atoms with van der Waals surface area (Å²) in [6, 6.07) is 6.65. The molecule has 0 atom stereocenters. The maximum atomic E-state index is 10.5. The van der Waals surface area contributed by atoms with Crippen molar-refractivity contribution in [3.05, 3.63) is 34.9 Å². The molecule has 0 unspecified atom stereocenters. The third-order valence-electron chi connectivity index (χ3n) is 1.83. The lowest BCUT2D eigenvalue weighted by Gasteiger charge is -2.09. The first-order valence-electron chi connectivity index (χ1n) is 4.81. The highest BCUT2D eigenvalue weighted by Crippen LogP contribution is 2.16. The minimum absolute atomic E-state index is 0.353. The second-order valence-corrected chi connectivity index (χ2v) is 3.73. The van der Waals surface area contributed by atoms with Crippen molar-refractivity contribution in [3.63, 3.8) is 0 Å². The second-order valence-electron chi connectivity index (χ2n) is 2.98. The smallest absolute Gasteiger partial charge is 0.253 e. The fourth-order valence-electron chi connectivity index (χ4n) is 1.06. The molecule has 0 amide bonds. The summed E-state index contributed by atoms with van der Waals surface area (Å²) < 4.78 is 9.89. The summed E-state index contributed by atoms with van der Waals surface area (Å²) in [6.07, 6.45) is 0. The molecule has 16 heavy (non-hydrogen) atoms. The Bertz CT molecular complexity index is 326. The van der Waals surface area contributed by atoms with Gasteiger partial charge in [-0.05, 0) is 23.7 Å². The van der Waals surface area contributed by atoms with E-state index in [1.165, 1.54) is 0 Å². The summed E-state index contributed by atoms with van der Waals surface area (Å²) in [6.45, 7) is 3.11. The van der Waals surface area contributed by atoms with Gasteiger partial charge in [-0.15, -0.1) is 0 Å². The molecule has 0 aliphatic carbocycles. The molecule has 1 saturated heterocycles. The predicted octanol–water partition coefficient (Wildman–Crippen LogP) is 2.75. The maximum absolute atomic E-state index is 10.5. The highest BCUT2D eigenvalue weighted by atomic mass is 35.5. The van der Waals surface area contributed by atoms with Crippen molar-refractivity contribution in [1.29, 1.82) is 0 Å². The maximum Gasteiger partial charge on any atom is 0.253 e. The Morgan fingerprint density at radius 3 is 1.88 bits per heavy atom. The van der Waals surface area contributed by atoms with E-state index in [9.17, 15) is 4.79 Å². The number of hydrogen-bond acceptors (Lipinski definition) is 3. The lowest BCUT2D eigenvalue weighted by atomic mass is 10.2. The van der Waals surface area contributed by atoms with E-state index in [1.54, 1.807) is 24.3 Å². The van der Waals surface area contributed by atoms with Crippen LogP contribution < -0.4 is 0 Å². The molecular formula is C11H12Cl2O3. The first-order valence-corrected chi connectivity index (χ1v) is 5.57. The summed E-state index contributed by atoms with van der Waals surface area (Å²) in [5, 5.41) is -0.131. The van der Waals surface area contributed by atoms with Crippen LogP contribution in [0.15, 0.2) is 24.3 Å². The van der Waals surface area contributed by atoms with Crippen LogP contribution in [0.25, 0.3) is 0 Å². The SMILES string of the molecule is C1COCCO1.O=C(Cl)c1ccccc1Cl. The van der Waals surface area contributed by atoms with E-state index in [0.29, 0.717) is 10.6 Å². The van der Waals surface area contributed by atoms with E-state index < -0.39 is 5.24 Å². The van der Waals surface area contributed by atoms with Crippen LogP contribution in [0.2, 0.25) is 5.02 Å². The number of halogens is 2. The van der Waals surface area contributed by atoms with Crippen molar-refractivity contribution in [2.24, 2.45) is 0 Å². The molecule has 1 heterocycles. The molecule has 0 spiro atoms. The fraction of sp³-hybridized carbons (Fsp3) is 0.364. The molecule has 1 aliphatic rings. The van der Waals surface area contributed by atoms with E-state index in [2.05, 4.69) is 0 Å². The molecule has 1 aliphatic heterocycles. The van der Waals surface area contributed by atoms with Gasteiger partial charge >= 0.3 is 0 Å². The first-order chi connectivity index (χ1) is 7.72. The van der Waals surface area contributed by atoms with Crippen molar-refractivity contribution in [1.82, 2.24) is 0 Å². The molecule has 0 saturated carbocycles. The average molecular weight is 263 g/mol. The van der Waals surface area contributed by atoms with E-state index >= 15 is 0 Å². The molecular weight excluding hydrogens is 251 g/mol. The number of rotatable bonds is 1. The van der Waals surface area contributed by atoms with Gasteiger partial charge in [0.1, 0.15) is 0 Å². The van der Waals surface area contributed by atoms with Crippen molar-refractivity contribution in [2.45, 2.75) is 0 Å². The highest BCUT2D eigenvalue weighted by molar-refractivity contribution is 6.68. The van der Waals surface area contributed by atoms with E-state index in [0.717, 1.165) is 26.4 Å². The third-order valence-corrected chi connectivity index (χ3v) is 2.36. The molecule has 1 aromatic rings. The molecule has 0 bridgehead atoms. The second kappa shape index (κ2) is 7.63. The Morgan fingerprint density at radius 1 is 1.06 bits per heavy atom. The van der Waals surface area contributed by atoms with Crippen LogP contribution >= 0.6 is 23.2 Å². The molecule has 88 valence electrons. The number of carbonyl (C=O) groups excluding carboxylic acids is 1. The Morgan fingerprint density at radius 2 is 1.56 bits per heavy atom. The minimum Gasteiger partial charge on any atom is -0.377 e. The van der Waals surface area contributed by atoms with Gasteiger partial charge in [-0.25, -0.2) is 0 Å². The molecule has 1 aromatic carbocycles. The van der Waals surface area contributed by atoms with Crippen LogP contribution in [-0.2, 0) is 9.47 Å². The van der Waals surface area contributed by atoms with Crippen molar-refractivity contribution >= 4 is 28.4 Å². The summed E-state index contributed by atoms with van der Waals surface area (Å²) in [7, 11) is 0. The number of carbonyl (C=O) groups is 1. The van der Waals surface area contributed by atoms with E-state index in [1.807, 2.05) is 0 Å². The van der Waals surface area contributed by atoms with Gasteiger partial charge in [-0.3, -0.25) is 4.79 Å². The monoisotopic (exact) mass is 262 g/mol. The van der Waals surface area contributed by atoms with Crippen LogP contribution in [0.5, 0.6) is 0 Å². The van der Waals surface area contributed by atoms with E-state index in [-0.39, 0.29) is 0 Å². The van der Waals surface area contributed by atoms with Gasteiger partial charge < -0.3 is 9.47 Å². The van der Waals surface area contributed by atoms with Crippen molar-refractivity contribution in [3.8, 4) is 0 Å². The summed E-state index contributed by atoms with van der Waals surface area (Å²) in [4.78, 5) is 10.5. The van der Waals surface area contributed by atoms with Gasteiger partial charge in [0.05, 0.1) is 37.0 Å². The lowest BCUT2D eigenvalue weighted by Crippen LogP contribution is -2.16. The third kappa shape index (κ3) is 4.94. The zero-order chi connectivity index (χ0) is 11.8. The molecule has 0 radical (unpaired) electrons. The van der Waals surface area contributed by atoms with Gasteiger partial charge in [-0.1, -0.05) is 23.7 Å². The van der Waals surface area contributed by atoms with Crippen LogP contribution in [0, 0.1) is 0 Å². The molecule has 0 N–H and O–H groups in total. The minimum atomic E-state index is -0.523. The average Bonchev–Trinajstić information content (AvgIpc) is 2.32. The number of hydrogen-bond donors (Lipinski definition) is 0. The predicted molar refractivity (Wildman–Crippen MR) is 63.3 cm³/mol. The fourth-order valence-corrected chi connectivity index (χ4v) is 1.50. The van der Waals surface area contributed by atoms with Crippen LogP contribution in [-0.4, -0.2) is 31.7 Å². The van der Waals surface area contributed by atoms with Crippen molar-refractivity contribution in [2.75, 3.05) is 26.4 Å². The topological polar surface area (TPSA) is 35.5 Å². The van der Waals surface area contributed by atoms with Crippen LogP contribution in [0.4, 0.5) is 0 Å². The normalized spacial score (nSPS) is 14.9. The van der Waals surface area contributed by atoms with Crippen LogP contribution in [0.3, 0.4) is 0 Å². The Kier molecular flexibility index (Phi) is 6.42. The largest absolute Gasteiger partial charge is 0.377 e. The zero-order valence-electron chi connectivity index (χ0n) is 8.62. The van der Waals surface area contributed by atoms with Crippen LogP contribution in [0.1, 0.15) is 10.4 Å². The Hall–Kier alpha value is -0.610. The zero-order valence-corrected chi connectivity index (χ0v) is 10.1. The molecule has 2 rings (SSSR count). The van der Waals surface area contributed by atoms with Gasteiger partial charge in [0.2, 0.25) is 0 Å². The Balaban J connectivity index is 0.000000181. The lowest BCUT2D eigenvalue weighted by molar-refractivity contribution is -0.0334.